The highest BCUT2D eigenvalue weighted by Crippen LogP contribution is 2.12. The van der Waals surface area contributed by atoms with Gasteiger partial charge in [0.15, 0.2) is 0 Å². The zero-order valence-electron chi connectivity index (χ0n) is 13.4. The Balaban J connectivity index is 2.96. The minimum atomic E-state index is -0.883. The van der Waals surface area contributed by atoms with Gasteiger partial charge in [0.05, 0.1) is 0 Å². The van der Waals surface area contributed by atoms with Crippen LogP contribution in [0.1, 0.15) is 83.5 Å². The highest BCUT2D eigenvalue weighted by Gasteiger charge is 1.96. The molecule has 0 spiro atoms. The van der Waals surface area contributed by atoms with Gasteiger partial charge >= 0.3 is 5.97 Å². The van der Waals surface area contributed by atoms with E-state index in [4.69, 9.17) is 16.3 Å². The van der Waals surface area contributed by atoms with Gasteiger partial charge in [0.1, 0.15) is 6.61 Å². The summed E-state index contributed by atoms with van der Waals surface area (Å²) in [5.74, 6) is 1.80. The van der Waals surface area contributed by atoms with Crippen LogP contribution in [0, 0.1) is 12.3 Å². The molecule has 0 fully saturated rings. The number of hydrogen-bond donors (Lipinski definition) is 1. The summed E-state index contributed by atoms with van der Waals surface area (Å²) in [4.78, 5) is 10.2. The van der Waals surface area contributed by atoms with Gasteiger partial charge in [0.25, 0.3) is 0 Å². The summed E-state index contributed by atoms with van der Waals surface area (Å²) in [6.07, 6.45) is 21.4. The maximum atomic E-state index is 10.2. The van der Waals surface area contributed by atoms with Crippen molar-refractivity contribution in [3.63, 3.8) is 0 Å². The van der Waals surface area contributed by atoms with Crippen molar-refractivity contribution in [2.75, 3.05) is 13.2 Å². The Morgan fingerprint density at radius 2 is 1.24 bits per heavy atom. The van der Waals surface area contributed by atoms with E-state index in [1.165, 1.54) is 64.2 Å². The molecule has 0 bridgehead atoms. The largest absolute Gasteiger partial charge is 0.480 e. The lowest BCUT2D eigenvalue weighted by Crippen LogP contribution is -2.07. The summed E-state index contributed by atoms with van der Waals surface area (Å²) in [7, 11) is 0. The summed E-state index contributed by atoms with van der Waals surface area (Å²) in [5.41, 5.74) is 0. The van der Waals surface area contributed by atoms with Crippen molar-refractivity contribution in [3.8, 4) is 12.3 Å². The predicted octanol–water partition coefficient (Wildman–Crippen LogP) is 4.79. The van der Waals surface area contributed by atoms with E-state index in [1.54, 1.807) is 0 Å². The number of hydrogen-bond acceptors (Lipinski definition) is 2. The number of carboxylic acid groups (broad SMARTS) is 1. The summed E-state index contributed by atoms with van der Waals surface area (Å²) < 4.78 is 4.99. The van der Waals surface area contributed by atoms with E-state index >= 15 is 0 Å². The normalized spacial score (nSPS) is 10.4. The van der Waals surface area contributed by atoms with Crippen LogP contribution in [0.5, 0.6) is 0 Å². The van der Waals surface area contributed by atoms with Crippen molar-refractivity contribution < 1.29 is 14.6 Å². The van der Waals surface area contributed by atoms with E-state index in [0.717, 1.165) is 19.3 Å². The van der Waals surface area contributed by atoms with Crippen LogP contribution >= 0.6 is 0 Å². The molecule has 0 aromatic carbocycles. The van der Waals surface area contributed by atoms with E-state index < -0.39 is 5.97 Å². The third kappa shape index (κ3) is 19.0. The maximum absolute atomic E-state index is 10.2. The third-order valence-electron chi connectivity index (χ3n) is 3.59. The van der Waals surface area contributed by atoms with Crippen LogP contribution < -0.4 is 0 Å². The molecule has 122 valence electrons. The highest BCUT2D eigenvalue weighted by molar-refractivity contribution is 5.67. The molecule has 0 aliphatic heterocycles. The molecule has 0 aliphatic rings. The number of aliphatic carboxylic acids is 1. The van der Waals surface area contributed by atoms with Crippen LogP contribution in [0.25, 0.3) is 0 Å². The molecular weight excluding hydrogens is 264 g/mol. The lowest BCUT2D eigenvalue weighted by atomic mass is 10.0. The zero-order valence-corrected chi connectivity index (χ0v) is 13.4. The second kappa shape index (κ2) is 17.0. The van der Waals surface area contributed by atoms with Crippen LogP contribution in [-0.2, 0) is 9.53 Å². The molecule has 0 aliphatic carbocycles. The molecule has 21 heavy (non-hydrogen) atoms. The number of terminal acetylenes is 1. The van der Waals surface area contributed by atoms with Gasteiger partial charge in [-0.05, 0) is 12.8 Å². The standard InChI is InChI=1S/C18H32O3/c1-2-3-4-5-6-7-8-9-10-11-12-13-14-15-16-21-17-18(19)20/h1H,3-17H2,(H,19,20). The lowest BCUT2D eigenvalue weighted by molar-refractivity contribution is -0.142. The number of unbranched alkanes of at least 4 members (excludes halogenated alkanes) is 12. The molecule has 3 heteroatoms. The quantitative estimate of drug-likeness (QED) is 0.329. The van der Waals surface area contributed by atoms with Crippen LogP contribution in [0.4, 0.5) is 0 Å². The molecule has 0 aromatic rings. The smallest absolute Gasteiger partial charge is 0.329 e. The van der Waals surface area contributed by atoms with Gasteiger partial charge in [0, 0.05) is 13.0 Å². The molecule has 0 amide bonds. The van der Waals surface area contributed by atoms with Crippen molar-refractivity contribution >= 4 is 5.97 Å². The van der Waals surface area contributed by atoms with Crippen LogP contribution in [0.15, 0.2) is 0 Å². The average molecular weight is 296 g/mol. The molecule has 0 aromatic heterocycles. The second-order valence-electron chi connectivity index (χ2n) is 5.64. The van der Waals surface area contributed by atoms with Crippen molar-refractivity contribution in [2.45, 2.75) is 83.5 Å². The minimum Gasteiger partial charge on any atom is -0.480 e. The van der Waals surface area contributed by atoms with Gasteiger partial charge in [-0.2, -0.15) is 0 Å². The molecule has 0 atom stereocenters. The number of ether oxygens (including phenoxy) is 1. The Kier molecular flexibility index (Phi) is 16.2. The van der Waals surface area contributed by atoms with E-state index in [1.807, 2.05) is 0 Å². The monoisotopic (exact) mass is 296 g/mol. The zero-order chi connectivity index (χ0) is 15.6. The van der Waals surface area contributed by atoms with Crippen LogP contribution in [0.2, 0.25) is 0 Å². The molecule has 0 radical (unpaired) electrons. The number of carboxylic acids is 1. The number of rotatable bonds is 16. The van der Waals surface area contributed by atoms with Crippen molar-refractivity contribution in [3.05, 3.63) is 0 Å². The Bertz CT molecular complexity index is 268. The molecule has 0 unspecified atom stereocenters. The highest BCUT2D eigenvalue weighted by atomic mass is 16.5. The Morgan fingerprint density at radius 1 is 0.810 bits per heavy atom. The van der Waals surface area contributed by atoms with E-state index in [2.05, 4.69) is 5.92 Å². The summed E-state index contributed by atoms with van der Waals surface area (Å²) >= 11 is 0. The van der Waals surface area contributed by atoms with Gasteiger partial charge in [-0.3, -0.25) is 0 Å². The van der Waals surface area contributed by atoms with Crippen LogP contribution in [-0.4, -0.2) is 24.3 Å². The molecule has 0 rings (SSSR count). The first-order valence-electron chi connectivity index (χ1n) is 8.50. The first-order valence-corrected chi connectivity index (χ1v) is 8.50. The Morgan fingerprint density at radius 3 is 1.67 bits per heavy atom. The van der Waals surface area contributed by atoms with Crippen molar-refractivity contribution in [1.29, 1.82) is 0 Å². The summed E-state index contributed by atoms with van der Waals surface area (Å²) in [6.45, 7) is 0.411. The molecule has 3 nitrogen and oxygen atoms in total. The fourth-order valence-electron chi connectivity index (χ4n) is 2.36. The predicted molar refractivity (Wildman–Crippen MR) is 87.3 cm³/mol. The molecule has 0 saturated carbocycles. The average Bonchev–Trinajstić information content (AvgIpc) is 2.46. The minimum absolute atomic E-state index is 0.164. The molecular formula is C18H32O3. The van der Waals surface area contributed by atoms with Crippen molar-refractivity contribution in [2.24, 2.45) is 0 Å². The summed E-state index contributed by atoms with van der Waals surface area (Å²) in [5, 5.41) is 8.40. The van der Waals surface area contributed by atoms with E-state index in [9.17, 15) is 4.79 Å². The lowest BCUT2D eigenvalue weighted by Gasteiger charge is -2.03. The van der Waals surface area contributed by atoms with E-state index in [0.29, 0.717) is 6.61 Å². The molecule has 0 saturated heterocycles. The van der Waals surface area contributed by atoms with Gasteiger partial charge < -0.3 is 9.84 Å². The molecule has 1 N–H and O–H groups in total. The first kappa shape index (κ1) is 20.0. The Hall–Kier alpha value is -1.01. The SMILES string of the molecule is C#CCCCCCCCCCCCCCCOCC(=O)O. The Labute approximate surface area is 130 Å². The topological polar surface area (TPSA) is 46.5 Å². The van der Waals surface area contributed by atoms with Crippen molar-refractivity contribution in [1.82, 2.24) is 0 Å². The van der Waals surface area contributed by atoms with Crippen LogP contribution in [0.3, 0.4) is 0 Å². The fraction of sp³-hybridized carbons (Fsp3) is 0.833. The molecule has 0 heterocycles. The van der Waals surface area contributed by atoms with Gasteiger partial charge in [0.2, 0.25) is 0 Å². The van der Waals surface area contributed by atoms with Gasteiger partial charge in [-0.1, -0.05) is 64.2 Å². The first-order chi connectivity index (χ1) is 10.3. The maximum Gasteiger partial charge on any atom is 0.329 e. The fourth-order valence-corrected chi connectivity index (χ4v) is 2.36. The summed E-state index contributed by atoms with van der Waals surface area (Å²) in [6, 6.07) is 0. The number of carbonyl (C=O) groups is 1. The van der Waals surface area contributed by atoms with Gasteiger partial charge in [-0.15, -0.1) is 12.3 Å². The second-order valence-corrected chi connectivity index (χ2v) is 5.64. The third-order valence-corrected chi connectivity index (χ3v) is 3.59. The van der Waals surface area contributed by atoms with E-state index in [-0.39, 0.29) is 6.61 Å². The van der Waals surface area contributed by atoms with Gasteiger partial charge in [-0.25, -0.2) is 4.79 Å².